The minimum Gasteiger partial charge on any atom is -0.461 e. The summed E-state index contributed by atoms with van der Waals surface area (Å²) in [4.78, 5) is 40.1. The Kier molecular flexibility index (Phi) is 4.96. The zero-order valence-corrected chi connectivity index (χ0v) is 17.4. The van der Waals surface area contributed by atoms with Gasteiger partial charge in [0.05, 0.1) is 18.0 Å². The average Bonchev–Trinajstić information content (AvgIpc) is 3.21. The number of amides is 2. The smallest absolute Gasteiger partial charge is 0.355 e. The first-order valence-corrected chi connectivity index (χ1v) is 9.96. The number of benzene rings is 2. The number of rotatable bonds is 4. The van der Waals surface area contributed by atoms with Crippen molar-refractivity contribution in [2.24, 2.45) is 11.0 Å². The van der Waals surface area contributed by atoms with Gasteiger partial charge in [0.15, 0.2) is 5.71 Å². The number of fused-ring (bicyclic) bond motifs is 1. The predicted octanol–water partition coefficient (Wildman–Crippen LogP) is 3.05. The van der Waals surface area contributed by atoms with Gasteiger partial charge >= 0.3 is 5.97 Å². The van der Waals surface area contributed by atoms with Crippen molar-refractivity contribution in [1.29, 1.82) is 0 Å². The Morgan fingerprint density at radius 2 is 1.66 bits per heavy atom. The second-order valence-electron chi connectivity index (χ2n) is 6.80. The van der Waals surface area contributed by atoms with Gasteiger partial charge in [-0.05, 0) is 50.2 Å². The lowest BCUT2D eigenvalue weighted by molar-refractivity contribution is -0.136. The number of hydrazone groups is 1. The Labute approximate surface area is 176 Å². The zero-order valence-electron chi connectivity index (χ0n) is 15.8. The van der Waals surface area contributed by atoms with Crippen LogP contribution in [0.1, 0.15) is 12.5 Å². The third kappa shape index (κ3) is 3.23. The summed E-state index contributed by atoms with van der Waals surface area (Å²) in [6.45, 7) is 3.75. The Hall–Kier alpha value is -3.00. The minimum atomic E-state index is -1.01. The first kappa shape index (κ1) is 19.3. The van der Waals surface area contributed by atoms with Gasteiger partial charge in [0.1, 0.15) is 12.0 Å². The zero-order chi connectivity index (χ0) is 20.7. The normalized spacial score (nSPS) is 20.7. The molecule has 7 nitrogen and oxygen atoms in total. The first-order valence-electron chi connectivity index (χ1n) is 9.17. The van der Waals surface area contributed by atoms with Crippen LogP contribution in [0.4, 0.5) is 11.4 Å². The number of carbonyl (C=O) groups is 3. The van der Waals surface area contributed by atoms with Crippen LogP contribution in [0.25, 0.3) is 0 Å². The monoisotopic (exact) mass is 455 g/mol. The molecular weight excluding hydrogens is 438 g/mol. The molecule has 0 radical (unpaired) electrons. The van der Waals surface area contributed by atoms with Crippen molar-refractivity contribution in [2.75, 3.05) is 16.5 Å². The molecule has 0 saturated carbocycles. The molecule has 2 aliphatic rings. The van der Waals surface area contributed by atoms with Gasteiger partial charge in [-0.25, -0.2) is 9.69 Å². The Morgan fingerprint density at radius 3 is 2.28 bits per heavy atom. The SMILES string of the molecule is CCOC(=O)C1=NN(c2ccc(Br)cc2)[C@@H]2C(=O)N(c3ccc(C)cc3)C(=O)[C@H]12. The largest absolute Gasteiger partial charge is 0.461 e. The van der Waals surface area contributed by atoms with Crippen LogP contribution < -0.4 is 9.91 Å². The summed E-state index contributed by atoms with van der Waals surface area (Å²) in [5, 5.41) is 5.77. The van der Waals surface area contributed by atoms with Gasteiger partial charge in [-0.15, -0.1) is 0 Å². The van der Waals surface area contributed by atoms with Crippen molar-refractivity contribution in [2.45, 2.75) is 19.9 Å². The van der Waals surface area contributed by atoms with E-state index >= 15 is 0 Å². The summed E-state index contributed by atoms with van der Waals surface area (Å²) < 4.78 is 5.95. The lowest BCUT2D eigenvalue weighted by Gasteiger charge is -2.22. The Balaban J connectivity index is 1.78. The Morgan fingerprint density at radius 1 is 1.03 bits per heavy atom. The molecule has 0 spiro atoms. The topological polar surface area (TPSA) is 79.3 Å². The fourth-order valence-corrected chi connectivity index (χ4v) is 3.81. The third-order valence-corrected chi connectivity index (χ3v) is 5.45. The van der Waals surface area contributed by atoms with Gasteiger partial charge in [-0.3, -0.25) is 14.6 Å². The van der Waals surface area contributed by atoms with Gasteiger partial charge in [0.2, 0.25) is 5.91 Å². The maximum atomic E-state index is 13.3. The lowest BCUT2D eigenvalue weighted by Crippen LogP contribution is -2.39. The van der Waals surface area contributed by atoms with Crippen LogP contribution >= 0.6 is 15.9 Å². The first-order chi connectivity index (χ1) is 13.9. The highest BCUT2D eigenvalue weighted by Crippen LogP contribution is 2.38. The summed E-state index contributed by atoms with van der Waals surface area (Å²) in [6.07, 6.45) is 0. The number of imide groups is 1. The van der Waals surface area contributed by atoms with Crippen molar-refractivity contribution >= 4 is 50.8 Å². The van der Waals surface area contributed by atoms with E-state index in [4.69, 9.17) is 4.74 Å². The van der Waals surface area contributed by atoms with E-state index in [9.17, 15) is 14.4 Å². The highest BCUT2D eigenvalue weighted by Gasteiger charge is 2.59. The van der Waals surface area contributed by atoms with Gasteiger partial charge in [0.25, 0.3) is 5.91 Å². The standard InChI is InChI=1S/C21H18BrN3O4/c1-3-29-21(28)17-16-18(25(23-17)15-10-6-13(22)7-11-15)20(27)24(19(16)26)14-8-4-12(2)5-9-14/h4-11,16,18H,3H2,1-2H3/t16-,18+/m1/s1. The molecule has 2 heterocycles. The third-order valence-electron chi connectivity index (χ3n) is 4.92. The van der Waals surface area contributed by atoms with Crippen LogP contribution in [-0.2, 0) is 19.1 Å². The molecular formula is C21H18BrN3O4. The molecule has 29 heavy (non-hydrogen) atoms. The van der Waals surface area contributed by atoms with Crippen LogP contribution in [0.2, 0.25) is 0 Å². The number of anilines is 2. The summed E-state index contributed by atoms with van der Waals surface area (Å²) in [7, 11) is 0. The van der Waals surface area contributed by atoms with E-state index in [-0.39, 0.29) is 12.3 Å². The van der Waals surface area contributed by atoms with Gasteiger partial charge in [-0.2, -0.15) is 5.10 Å². The van der Waals surface area contributed by atoms with E-state index in [1.54, 1.807) is 43.3 Å². The molecule has 148 valence electrons. The van der Waals surface area contributed by atoms with E-state index in [0.29, 0.717) is 11.4 Å². The number of hydrogen-bond donors (Lipinski definition) is 0. The minimum absolute atomic E-state index is 0.0484. The summed E-state index contributed by atoms with van der Waals surface area (Å²) in [5.41, 5.74) is 2.04. The van der Waals surface area contributed by atoms with E-state index in [1.807, 2.05) is 19.1 Å². The number of aryl methyl sites for hydroxylation is 1. The van der Waals surface area contributed by atoms with Gasteiger partial charge in [-0.1, -0.05) is 33.6 Å². The summed E-state index contributed by atoms with van der Waals surface area (Å²) >= 11 is 3.38. The van der Waals surface area contributed by atoms with Gasteiger partial charge in [0, 0.05) is 4.47 Å². The van der Waals surface area contributed by atoms with Crippen LogP contribution in [0.5, 0.6) is 0 Å². The highest BCUT2D eigenvalue weighted by atomic mass is 79.9. The molecule has 2 atom stereocenters. The number of hydrogen-bond acceptors (Lipinski definition) is 6. The summed E-state index contributed by atoms with van der Waals surface area (Å²) in [6, 6.07) is 13.3. The maximum Gasteiger partial charge on any atom is 0.355 e. The molecule has 0 N–H and O–H groups in total. The Bertz CT molecular complexity index is 1020. The maximum absolute atomic E-state index is 13.3. The van der Waals surface area contributed by atoms with Crippen molar-refractivity contribution in [1.82, 2.24) is 0 Å². The molecule has 1 saturated heterocycles. The van der Waals surface area contributed by atoms with E-state index in [1.165, 1.54) is 5.01 Å². The van der Waals surface area contributed by atoms with Crippen LogP contribution in [0.15, 0.2) is 58.1 Å². The van der Waals surface area contributed by atoms with E-state index < -0.39 is 29.7 Å². The average molecular weight is 456 g/mol. The predicted molar refractivity (Wildman–Crippen MR) is 112 cm³/mol. The van der Waals surface area contributed by atoms with Crippen molar-refractivity contribution < 1.29 is 19.1 Å². The molecule has 2 amide bonds. The molecule has 2 aromatic rings. The van der Waals surface area contributed by atoms with Crippen molar-refractivity contribution in [3.63, 3.8) is 0 Å². The molecule has 4 rings (SSSR count). The lowest BCUT2D eigenvalue weighted by atomic mass is 9.98. The fraction of sp³-hybridized carbons (Fsp3) is 0.238. The van der Waals surface area contributed by atoms with Gasteiger partial charge < -0.3 is 4.74 Å². The number of nitrogens with zero attached hydrogens (tertiary/aromatic N) is 3. The van der Waals surface area contributed by atoms with Crippen LogP contribution in [0.3, 0.4) is 0 Å². The molecule has 0 unspecified atom stereocenters. The quantitative estimate of drug-likeness (QED) is 0.522. The highest BCUT2D eigenvalue weighted by molar-refractivity contribution is 9.10. The molecule has 8 heteroatoms. The number of esters is 1. The number of carbonyl (C=O) groups excluding carboxylic acids is 3. The molecule has 1 fully saturated rings. The van der Waals surface area contributed by atoms with E-state index in [0.717, 1.165) is 14.9 Å². The van der Waals surface area contributed by atoms with E-state index in [2.05, 4.69) is 21.0 Å². The molecule has 0 bridgehead atoms. The fourth-order valence-electron chi connectivity index (χ4n) is 3.54. The summed E-state index contributed by atoms with van der Waals surface area (Å²) in [5.74, 6) is -2.59. The molecule has 0 aromatic heterocycles. The molecule has 2 aliphatic heterocycles. The molecule has 0 aliphatic carbocycles. The second-order valence-corrected chi connectivity index (χ2v) is 7.71. The number of ether oxygens (including phenoxy) is 1. The molecule has 2 aromatic carbocycles. The number of halogens is 1. The van der Waals surface area contributed by atoms with Crippen molar-refractivity contribution in [3.8, 4) is 0 Å². The second kappa shape index (κ2) is 7.44. The van der Waals surface area contributed by atoms with Crippen LogP contribution in [-0.4, -0.2) is 36.1 Å². The van der Waals surface area contributed by atoms with Crippen molar-refractivity contribution in [3.05, 3.63) is 58.6 Å². The van der Waals surface area contributed by atoms with Crippen LogP contribution in [0, 0.1) is 12.8 Å².